The summed E-state index contributed by atoms with van der Waals surface area (Å²) in [5.74, 6) is -1.29. The molecule has 3 heterocycles. The highest BCUT2D eigenvalue weighted by Gasteiger charge is 2.39. The van der Waals surface area contributed by atoms with Crippen molar-refractivity contribution in [2.75, 3.05) is 13.2 Å². The number of hydrogen-bond acceptors (Lipinski definition) is 6. The molecule has 1 aliphatic heterocycles. The van der Waals surface area contributed by atoms with E-state index in [1.807, 2.05) is 0 Å². The van der Waals surface area contributed by atoms with Gasteiger partial charge in [-0.2, -0.15) is 0 Å². The average molecular weight is 338 g/mol. The zero-order chi connectivity index (χ0) is 16.8. The lowest BCUT2D eigenvalue weighted by atomic mass is 10.3. The molecule has 0 aliphatic carbocycles. The molecule has 0 fully saturated rings. The predicted octanol–water partition coefficient (Wildman–Crippen LogP) is 1.51. The molecule has 0 radical (unpaired) electrons. The van der Waals surface area contributed by atoms with Crippen LogP contribution in [0.3, 0.4) is 0 Å². The highest BCUT2D eigenvalue weighted by Crippen LogP contribution is 2.43. The van der Waals surface area contributed by atoms with Crippen LogP contribution in [0, 0.1) is 0 Å². The summed E-state index contributed by atoms with van der Waals surface area (Å²) in [6.07, 6.45) is 0. The number of hydrogen-bond donors (Lipinski definition) is 2. The summed E-state index contributed by atoms with van der Waals surface area (Å²) >= 11 is 0. The first-order valence-electron chi connectivity index (χ1n) is 6.95. The van der Waals surface area contributed by atoms with Crippen molar-refractivity contribution in [2.24, 2.45) is 0 Å². The van der Waals surface area contributed by atoms with Gasteiger partial charge in [-0.15, -0.1) is 0 Å². The van der Waals surface area contributed by atoms with Crippen molar-refractivity contribution in [3.05, 3.63) is 23.5 Å². The molecule has 2 aromatic heterocycles. The fourth-order valence-electron chi connectivity index (χ4n) is 2.42. The van der Waals surface area contributed by atoms with Crippen LogP contribution in [0.25, 0.3) is 11.4 Å². The molecule has 23 heavy (non-hydrogen) atoms. The number of aromatic amines is 2. The monoisotopic (exact) mass is 338 g/mol. The van der Waals surface area contributed by atoms with E-state index in [0.717, 1.165) is 0 Å². The average Bonchev–Trinajstić information content (AvgIpc) is 3.15. The van der Waals surface area contributed by atoms with Gasteiger partial charge in [0.1, 0.15) is 11.4 Å². The first-order chi connectivity index (χ1) is 10.9. The molecule has 2 aromatic rings. The van der Waals surface area contributed by atoms with Gasteiger partial charge in [0.2, 0.25) is 9.84 Å². The SMILES string of the molecule is CCOC(=O)c1cc2c([nH]1)-c1[nH]c(C(=O)OCC)cc1S2(=O)=O. The molecule has 3 rings (SSSR count). The van der Waals surface area contributed by atoms with Gasteiger partial charge in [-0.05, 0) is 26.0 Å². The van der Waals surface area contributed by atoms with Crippen molar-refractivity contribution in [2.45, 2.75) is 23.6 Å². The van der Waals surface area contributed by atoms with Crippen LogP contribution in [0.5, 0.6) is 0 Å². The highest BCUT2D eigenvalue weighted by molar-refractivity contribution is 7.92. The first kappa shape index (κ1) is 15.3. The third-order valence-electron chi connectivity index (χ3n) is 3.38. The Hall–Kier alpha value is -2.55. The second-order valence-corrected chi connectivity index (χ2v) is 6.68. The van der Waals surface area contributed by atoms with E-state index in [1.54, 1.807) is 13.8 Å². The van der Waals surface area contributed by atoms with Crippen molar-refractivity contribution in [1.82, 2.24) is 9.97 Å². The lowest BCUT2D eigenvalue weighted by molar-refractivity contribution is 0.0510. The fraction of sp³-hybridized carbons (Fsp3) is 0.286. The quantitative estimate of drug-likeness (QED) is 0.696. The van der Waals surface area contributed by atoms with Crippen molar-refractivity contribution in [3.8, 4) is 11.4 Å². The number of ether oxygens (including phenoxy) is 2. The number of aromatic nitrogens is 2. The second kappa shape index (κ2) is 5.27. The first-order valence-corrected chi connectivity index (χ1v) is 8.44. The number of esters is 2. The highest BCUT2D eigenvalue weighted by atomic mass is 32.2. The summed E-state index contributed by atoms with van der Waals surface area (Å²) < 4.78 is 34.7. The van der Waals surface area contributed by atoms with Crippen molar-refractivity contribution >= 4 is 21.8 Å². The van der Waals surface area contributed by atoms with E-state index in [4.69, 9.17) is 9.47 Å². The maximum atomic E-state index is 12.5. The minimum atomic E-state index is -3.80. The van der Waals surface area contributed by atoms with Crippen LogP contribution < -0.4 is 0 Å². The molecule has 0 saturated carbocycles. The van der Waals surface area contributed by atoms with Crippen molar-refractivity contribution in [1.29, 1.82) is 0 Å². The van der Waals surface area contributed by atoms with Gasteiger partial charge in [0, 0.05) is 0 Å². The Labute approximate surface area is 131 Å². The predicted molar refractivity (Wildman–Crippen MR) is 77.9 cm³/mol. The third kappa shape index (κ3) is 2.24. The molecule has 1 aliphatic rings. The van der Waals surface area contributed by atoms with Gasteiger partial charge in [-0.25, -0.2) is 18.0 Å². The molecule has 0 amide bonds. The smallest absolute Gasteiger partial charge is 0.354 e. The molecule has 0 saturated heterocycles. The molecular weight excluding hydrogens is 324 g/mol. The molecule has 0 bridgehead atoms. The van der Waals surface area contributed by atoms with Gasteiger partial charge in [-0.3, -0.25) is 0 Å². The van der Waals surface area contributed by atoms with Crippen LogP contribution in [0.2, 0.25) is 0 Å². The second-order valence-electron chi connectivity index (χ2n) is 4.79. The molecular formula is C14H14N2O6S. The Morgan fingerprint density at radius 2 is 1.30 bits per heavy atom. The zero-order valence-electron chi connectivity index (χ0n) is 12.4. The Kier molecular flexibility index (Phi) is 3.52. The molecule has 2 N–H and O–H groups in total. The van der Waals surface area contributed by atoms with Crippen LogP contribution >= 0.6 is 0 Å². The number of carbonyl (C=O) groups is 2. The summed E-state index contributed by atoms with van der Waals surface area (Å²) in [6.45, 7) is 3.66. The van der Waals surface area contributed by atoms with E-state index >= 15 is 0 Å². The normalized spacial score (nSPS) is 14.2. The topological polar surface area (TPSA) is 118 Å². The van der Waals surface area contributed by atoms with Crippen LogP contribution in [0.15, 0.2) is 21.9 Å². The zero-order valence-corrected chi connectivity index (χ0v) is 13.2. The largest absolute Gasteiger partial charge is 0.461 e. The third-order valence-corrected chi connectivity index (χ3v) is 5.18. The van der Waals surface area contributed by atoms with Gasteiger partial charge < -0.3 is 19.4 Å². The number of fused-ring (bicyclic) bond motifs is 3. The van der Waals surface area contributed by atoms with Crippen LogP contribution in [0.4, 0.5) is 0 Å². The molecule has 0 unspecified atom stereocenters. The maximum absolute atomic E-state index is 12.5. The number of H-pyrrole nitrogens is 2. The van der Waals surface area contributed by atoms with Crippen LogP contribution in [-0.2, 0) is 19.3 Å². The van der Waals surface area contributed by atoms with Crippen molar-refractivity contribution in [3.63, 3.8) is 0 Å². The summed E-state index contributed by atoms with van der Waals surface area (Å²) in [4.78, 5) is 28.9. The standard InChI is InChI=1S/C14H14N2O6S/c1-3-21-13(17)7-5-9-11(15-7)12-10(23(9,19)20)6-8(16-12)14(18)22-4-2/h5-6,15-16H,3-4H2,1-2H3. The maximum Gasteiger partial charge on any atom is 0.354 e. The molecule has 8 nitrogen and oxygen atoms in total. The lowest BCUT2D eigenvalue weighted by Crippen LogP contribution is -2.05. The lowest BCUT2D eigenvalue weighted by Gasteiger charge is -1.98. The minimum absolute atomic E-state index is 0.0165. The summed E-state index contributed by atoms with van der Waals surface area (Å²) in [7, 11) is -3.80. The van der Waals surface area contributed by atoms with E-state index in [-0.39, 0.29) is 45.8 Å². The van der Waals surface area contributed by atoms with Crippen LogP contribution in [-0.4, -0.2) is 43.5 Å². The Bertz CT molecular complexity index is 838. The van der Waals surface area contributed by atoms with Gasteiger partial charge in [0.25, 0.3) is 0 Å². The van der Waals surface area contributed by atoms with E-state index < -0.39 is 21.8 Å². The fourth-order valence-corrected chi connectivity index (χ4v) is 4.05. The molecule has 0 atom stereocenters. The molecule has 0 aromatic carbocycles. The summed E-state index contributed by atoms with van der Waals surface area (Å²) in [6, 6.07) is 2.47. The molecule has 9 heteroatoms. The number of sulfone groups is 1. The van der Waals surface area contributed by atoms with Gasteiger partial charge in [0.05, 0.1) is 34.4 Å². The van der Waals surface area contributed by atoms with Gasteiger partial charge in [-0.1, -0.05) is 0 Å². The Morgan fingerprint density at radius 3 is 1.65 bits per heavy atom. The molecule has 0 spiro atoms. The Balaban J connectivity index is 2.09. The minimum Gasteiger partial charge on any atom is -0.461 e. The van der Waals surface area contributed by atoms with Crippen LogP contribution in [0.1, 0.15) is 34.8 Å². The van der Waals surface area contributed by atoms with Gasteiger partial charge >= 0.3 is 11.9 Å². The number of nitrogens with one attached hydrogen (secondary N) is 2. The van der Waals surface area contributed by atoms with E-state index in [2.05, 4.69) is 9.97 Å². The Morgan fingerprint density at radius 1 is 0.913 bits per heavy atom. The van der Waals surface area contributed by atoms with E-state index in [0.29, 0.717) is 0 Å². The van der Waals surface area contributed by atoms with E-state index in [1.165, 1.54) is 12.1 Å². The molecule has 122 valence electrons. The summed E-state index contributed by atoms with van der Waals surface area (Å²) in [5.41, 5.74) is 0.550. The van der Waals surface area contributed by atoms with E-state index in [9.17, 15) is 18.0 Å². The van der Waals surface area contributed by atoms with Gasteiger partial charge in [0.15, 0.2) is 0 Å². The summed E-state index contributed by atoms with van der Waals surface area (Å²) in [5, 5.41) is 0. The number of rotatable bonds is 4. The number of carbonyl (C=O) groups excluding carboxylic acids is 2. The van der Waals surface area contributed by atoms with Crippen molar-refractivity contribution < 1.29 is 27.5 Å².